The molecule has 2 aliphatic heterocycles. The first-order valence-electron chi connectivity index (χ1n) is 11.2. The molecule has 0 radical (unpaired) electrons. The number of benzene rings is 2. The maximum Gasteiger partial charge on any atom is 0.293 e. The predicted molar refractivity (Wildman–Crippen MR) is 124 cm³/mol. The fourth-order valence-electron chi connectivity index (χ4n) is 4.51. The lowest BCUT2D eigenvalue weighted by Gasteiger charge is -2.36. The minimum atomic E-state index is -3.71. The van der Waals surface area contributed by atoms with E-state index in [0.29, 0.717) is 31.9 Å². The molecular weight excluding hydrogens is 428 g/mol. The largest absolute Gasteiger partial charge is 0.363 e. The van der Waals surface area contributed by atoms with E-state index in [1.54, 1.807) is 6.07 Å². The summed E-state index contributed by atoms with van der Waals surface area (Å²) in [6, 6.07) is 12.7. The molecule has 0 saturated carbocycles. The van der Waals surface area contributed by atoms with Crippen molar-refractivity contribution in [3.8, 4) is 0 Å². The van der Waals surface area contributed by atoms with Gasteiger partial charge in [0.15, 0.2) is 0 Å². The first-order chi connectivity index (χ1) is 15.4. The van der Waals surface area contributed by atoms with Crippen LogP contribution in [0.15, 0.2) is 47.4 Å². The van der Waals surface area contributed by atoms with Crippen molar-refractivity contribution in [1.29, 1.82) is 0 Å². The van der Waals surface area contributed by atoms with Gasteiger partial charge in [-0.2, -0.15) is 4.31 Å². The van der Waals surface area contributed by atoms with Gasteiger partial charge in [0.2, 0.25) is 10.0 Å². The van der Waals surface area contributed by atoms with Gasteiger partial charge < -0.3 is 4.90 Å². The highest BCUT2D eigenvalue weighted by Gasteiger charge is 2.30. The van der Waals surface area contributed by atoms with Gasteiger partial charge in [-0.15, -0.1) is 0 Å². The van der Waals surface area contributed by atoms with Crippen LogP contribution in [0, 0.1) is 17.0 Å². The Balaban J connectivity index is 1.49. The van der Waals surface area contributed by atoms with Gasteiger partial charge in [-0.05, 0) is 43.0 Å². The average molecular weight is 459 g/mol. The minimum Gasteiger partial charge on any atom is -0.363 e. The molecule has 8 nitrogen and oxygen atoms in total. The molecule has 0 bridgehead atoms. The molecule has 9 heteroatoms. The summed E-state index contributed by atoms with van der Waals surface area (Å²) in [6.07, 6.45) is 2.67. The van der Waals surface area contributed by atoms with Crippen molar-refractivity contribution < 1.29 is 13.3 Å². The molecule has 2 aromatic rings. The van der Waals surface area contributed by atoms with Crippen LogP contribution in [0.25, 0.3) is 0 Å². The molecule has 0 aromatic heterocycles. The molecule has 0 atom stereocenters. The van der Waals surface area contributed by atoms with Crippen LogP contribution in [0.5, 0.6) is 0 Å². The topological polar surface area (TPSA) is 87.0 Å². The van der Waals surface area contributed by atoms with Crippen LogP contribution in [0.3, 0.4) is 0 Å². The number of aryl methyl sites for hydroxylation is 1. The Bertz CT molecular complexity index is 1080. The minimum absolute atomic E-state index is 0.00744. The summed E-state index contributed by atoms with van der Waals surface area (Å²) in [5, 5.41) is 11.8. The van der Waals surface area contributed by atoms with Crippen LogP contribution in [0.4, 0.5) is 11.4 Å². The molecule has 2 aliphatic rings. The van der Waals surface area contributed by atoms with E-state index in [1.807, 2.05) is 17.0 Å². The first-order valence-corrected chi connectivity index (χ1v) is 12.6. The van der Waals surface area contributed by atoms with Crippen LogP contribution >= 0.6 is 0 Å². The number of nitro groups is 1. The standard InChI is InChI=1S/C23H30N4O4S/c1-19-7-3-4-8-20(19)18-24-13-15-25(16-14-24)22-10-9-21(17-23(22)27(28)29)32(30,31)26-11-5-2-6-12-26/h3-4,7-10,17H,2,5-6,11-16,18H2,1H3. The summed E-state index contributed by atoms with van der Waals surface area (Å²) in [6.45, 7) is 6.81. The summed E-state index contributed by atoms with van der Waals surface area (Å²) in [5.41, 5.74) is 2.90. The zero-order valence-corrected chi connectivity index (χ0v) is 19.3. The van der Waals surface area contributed by atoms with E-state index in [2.05, 4.69) is 24.0 Å². The van der Waals surface area contributed by atoms with Crippen molar-refractivity contribution in [2.24, 2.45) is 0 Å². The van der Waals surface area contributed by atoms with Crippen LogP contribution in [-0.2, 0) is 16.6 Å². The lowest BCUT2D eigenvalue weighted by molar-refractivity contribution is -0.384. The maximum absolute atomic E-state index is 13.0. The maximum atomic E-state index is 13.0. The highest BCUT2D eigenvalue weighted by atomic mass is 32.2. The Kier molecular flexibility index (Phi) is 6.78. The third-order valence-corrected chi connectivity index (χ3v) is 8.36. The summed E-state index contributed by atoms with van der Waals surface area (Å²) in [4.78, 5) is 15.7. The van der Waals surface area contributed by atoms with Crippen molar-refractivity contribution in [2.75, 3.05) is 44.2 Å². The van der Waals surface area contributed by atoms with Gasteiger partial charge in [0.05, 0.1) is 9.82 Å². The predicted octanol–water partition coefficient (Wildman–Crippen LogP) is 3.40. The molecule has 32 heavy (non-hydrogen) atoms. The second-order valence-electron chi connectivity index (χ2n) is 8.56. The second kappa shape index (κ2) is 9.56. The molecule has 0 N–H and O–H groups in total. The quantitative estimate of drug-likeness (QED) is 0.487. The number of hydrogen-bond acceptors (Lipinski definition) is 6. The van der Waals surface area contributed by atoms with Gasteiger partial charge in [0.25, 0.3) is 5.69 Å². The van der Waals surface area contributed by atoms with E-state index in [4.69, 9.17) is 0 Å². The van der Waals surface area contributed by atoms with Crippen molar-refractivity contribution >= 4 is 21.4 Å². The van der Waals surface area contributed by atoms with E-state index in [0.717, 1.165) is 38.9 Å². The van der Waals surface area contributed by atoms with E-state index in [9.17, 15) is 18.5 Å². The van der Waals surface area contributed by atoms with Crippen molar-refractivity contribution in [2.45, 2.75) is 37.6 Å². The van der Waals surface area contributed by atoms with Crippen LogP contribution in [-0.4, -0.2) is 61.8 Å². The second-order valence-corrected chi connectivity index (χ2v) is 10.5. The molecule has 2 aromatic carbocycles. The SMILES string of the molecule is Cc1ccccc1CN1CCN(c2ccc(S(=O)(=O)N3CCCCC3)cc2[N+](=O)[O-])CC1. The molecule has 0 unspecified atom stereocenters. The molecule has 0 spiro atoms. The lowest BCUT2D eigenvalue weighted by atomic mass is 10.1. The van der Waals surface area contributed by atoms with Gasteiger partial charge in [-0.3, -0.25) is 15.0 Å². The van der Waals surface area contributed by atoms with Gasteiger partial charge in [0.1, 0.15) is 5.69 Å². The monoisotopic (exact) mass is 458 g/mol. The average Bonchev–Trinajstić information content (AvgIpc) is 2.81. The number of anilines is 1. The molecule has 2 fully saturated rings. The Morgan fingerprint density at radius 2 is 1.62 bits per heavy atom. The van der Waals surface area contributed by atoms with E-state index in [-0.39, 0.29) is 10.6 Å². The van der Waals surface area contributed by atoms with Crippen molar-refractivity contribution in [3.05, 3.63) is 63.7 Å². The van der Waals surface area contributed by atoms with Gasteiger partial charge in [0, 0.05) is 51.9 Å². The Hall–Kier alpha value is -2.49. The fourth-order valence-corrected chi connectivity index (χ4v) is 6.04. The highest BCUT2D eigenvalue weighted by Crippen LogP contribution is 2.33. The molecule has 0 aliphatic carbocycles. The fraction of sp³-hybridized carbons (Fsp3) is 0.478. The zero-order valence-electron chi connectivity index (χ0n) is 18.4. The number of sulfonamides is 1. The van der Waals surface area contributed by atoms with Crippen molar-refractivity contribution in [3.63, 3.8) is 0 Å². The number of nitro benzene ring substituents is 1. The van der Waals surface area contributed by atoms with E-state index < -0.39 is 14.9 Å². The molecule has 4 rings (SSSR count). The summed E-state index contributed by atoms with van der Waals surface area (Å²) in [5.74, 6) is 0. The number of piperazine rings is 1. The summed E-state index contributed by atoms with van der Waals surface area (Å²) < 4.78 is 27.4. The normalized spacial score (nSPS) is 18.6. The molecular formula is C23H30N4O4S. The van der Waals surface area contributed by atoms with E-state index >= 15 is 0 Å². The summed E-state index contributed by atoms with van der Waals surface area (Å²) in [7, 11) is -3.71. The van der Waals surface area contributed by atoms with Crippen LogP contribution < -0.4 is 4.90 Å². The molecule has 172 valence electrons. The highest BCUT2D eigenvalue weighted by molar-refractivity contribution is 7.89. The molecule has 2 heterocycles. The smallest absolute Gasteiger partial charge is 0.293 e. The Morgan fingerprint density at radius 3 is 2.28 bits per heavy atom. The first kappa shape index (κ1) is 22.7. The third kappa shape index (κ3) is 4.79. The Morgan fingerprint density at radius 1 is 0.938 bits per heavy atom. The number of hydrogen-bond donors (Lipinski definition) is 0. The van der Waals surface area contributed by atoms with Gasteiger partial charge in [-0.1, -0.05) is 30.7 Å². The van der Waals surface area contributed by atoms with Gasteiger partial charge in [-0.25, -0.2) is 8.42 Å². The molecule has 2 saturated heterocycles. The number of rotatable bonds is 6. The van der Waals surface area contributed by atoms with Crippen molar-refractivity contribution in [1.82, 2.24) is 9.21 Å². The number of piperidine rings is 1. The van der Waals surface area contributed by atoms with Crippen LogP contribution in [0.1, 0.15) is 30.4 Å². The van der Waals surface area contributed by atoms with Gasteiger partial charge >= 0.3 is 0 Å². The zero-order chi connectivity index (χ0) is 22.7. The number of nitrogens with zero attached hydrogens (tertiary/aromatic N) is 4. The summed E-state index contributed by atoms with van der Waals surface area (Å²) >= 11 is 0. The van der Waals surface area contributed by atoms with E-state index in [1.165, 1.54) is 27.6 Å². The molecule has 0 amide bonds. The third-order valence-electron chi connectivity index (χ3n) is 6.46. The van der Waals surface area contributed by atoms with Crippen LogP contribution in [0.2, 0.25) is 0 Å². The lowest BCUT2D eigenvalue weighted by Crippen LogP contribution is -2.46. The Labute approximate surface area is 189 Å².